The molecule has 1 saturated carbocycles. The lowest BCUT2D eigenvalue weighted by Gasteiger charge is -2.41. The van der Waals surface area contributed by atoms with Crippen LogP contribution in [0.5, 0.6) is 0 Å². The van der Waals surface area contributed by atoms with Gasteiger partial charge in [0.25, 0.3) is 5.91 Å². The summed E-state index contributed by atoms with van der Waals surface area (Å²) >= 11 is 6.20. The highest BCUT2D eigenvalue weighted by Gasteiger charge is 2.37. The lowest BCUT2D eigenvalue weighted by molar-refractivity contribution is -0.129. The first-order valence-corrected chi connectivity index (χ1v) is 11.0. The number of carbonyl (C=O) groups is 2. The summed E-state index contributed by atoms with van der Waals surface area (Å²) in [5, 5.41) is 3.68. The molecule has 154 valence electrons. The highest BCUT2D eigenvalue weighted by Crippen LogP contribution is 2.31. The third-order valence-corrected chi connectivity index (χ3v) is 6.54. The average molecular weight is 406 g/mol. The Morgan fingerprint density at radius 2 is 1.79 bits per heavy atom. The predicted octanol–water partition coefficient (Wildman–Crippen LogP) is 3.57. The van der Waals surface area contributed by atoms with E-state index in [1.54, 1.807) is 12.1 Å². The summed E-state index contributed by atoms with van der Waals surface area (Å²) in [6.45, 7) is 6.86. The van der Waals surface area contributed by atoms with Crippen LogP contribution in [0.1, 0.15) is 56.3 Å². The molecule has 5 nitrogen and oxygen atoms in total. The highest BCUT2D eigenvalue weighted by molar-refractivity contribution is 6.33. The monoisotopic (exact) mass is 405 g/mol. The molecule has 1 aromatic rings. The fourth-order valence-corrected chi connectivity index (χ4v) is 4.61. The Labute approximate surface area is 173 Å². The minimum Gasteiger partial charge on any atom is -0.352 e. The lowest BCUT2D eigenvalue weighted by atomic mass is 9.94. The Kier molecular flexibility index (Phi) is 7.36. The molecule has 1 aromatic carbocycles. The van der Waals surface area contributed by atoms with E-state index in [9.17, 15) is 9.59 Å². The van der Waals surface area contributed by atoms with Gasteiger partial charge >= 0.3 is 0 Å². The van der Waals surface area contributed by atoms with Gasteiger partial charge in [0, 0.05) is 32.2 Å². The van der Waals surface area contributed by atoms with E-state index >= 15 is 0 Å². The van der Waals surface area contributed by atoms with Gasteiger partial charge in [-0.1, -0.05) is 43.5 Å². The molecule has 2 aliphatic rings. The molecule has 6 heteroatoms. The Morgan fingerprint density at radius 3 is 2.39 bits per heavy atom. The molecule has 2 fully saturated rings. The summed E-state index contributed by atoms with van der Waals surface area (Å²) in [5.74, 6) is 0.564. The van der Waals surface area contributed by atoms with E-state index in [1.165, 1.54) is 12.8 Å². The topological polar surface area (TPSA) is 52.7 Å². The number of carbonyl (C=O) groups excluding carboxylic acids is 2. The van der Waals surface area contributed by atoms with Crippen LogP contribution in [0, 0.1) is 5.92 Å². The zero-order valence-electron chi connectivity index (χ0n) is 17.0. The first kappa shape index (κ1) is 21.1. The van der Waals surface area contributed by atoms with E-state index in [4.69, 9.17) is 11.6 Å². The maximum atomic E-state index is 13.0. The summed E-state index contributed by atoms with van der Waals surface area (Å²) < 4.78 is 0. The molecule has 0 unspecified atom stereocenters. The van der Waals surface area contributed by atoms with Crippen LogP contribution in [0.25, 0.3) is 0 Å². The van der Waals surface area contributed by atoms with Gasteiger partial charge in [0.05, 0.1) is 16.6 Å². The van der Waals surface area contributed by atoms with Crippen molar-refractivity contribution in [3.63, 3.8) is 0 Å². The van der Waals surface area contributed by atoms with E-state index in [2.05, 4.69) is 24.1 Å². The van der Waals surface area contributed by atoms with Crippen LogP contribution in [0.3, 0.4) is 0 Å². The van der Waals surface area contributed by atoms with Crippen LogP contribution in [-0.2, 0) is 4.79 Å². The molecule has 28 heavy (non-hydrogen) atoms. The number of nitrogens with one attached hydrogen (secondary N) is 1. The average Bonchev–Trinajstić information content (AvgIpc) is 3.22. The van der Waals surface area contributed by atoms with E-state index in [0.717, 1.165) is 32.4 Å². The zero-order valence-corrected chi connectivity index (χ0v) is 17.8. The highest BCUT2D eigenvalue weighted by atomic mass is 35.5. The van der Waals surface area contributed by atoms with Gasteiger partial charge in [-0.2, -0.15) is 0 Å². The fourth-order valence-electron chi connectivity index (χ4n) is 4.39. The number of hydrogen-bond donors (Lipinski definition) is 1. The van der Waals surface area contributed by atoms with Gasteiger partial charge in [0.15, 0.2) is 0 Å². The van der Waals surface area contributed by atoms with Crippen molar-refractivity contribution in [1.82, 2.24) is 15.1 Å². The quantitative estimate of drug-likeness (QED) is 0.787. The van der Waals surface area contributed by atoms with Crippen molar-refractivity contribution >= 4 is 23.4 Å². The van der Waals surface area contributed by atoms with E-state index < -0.39 is 0 Å². The summed E-state index contributed by atoms with van der Waals surface area (Å²) in [6, 6.07) is 7.32. The molecule has 1 N–H and O–H groups in total. The van der Waals surface area contributed by atoms with Gasteiger partial charge < -0.3 is 10.2 Å². The molecule has 1 aliphatic carbocycles. The van der Waals surface area contributed by atoms with Crippen LogP contribution in [0.15, 0.2) is 24.3 Å². The summed E-state index contributed by atoms with van der Waals surface area (Å²) in [4.78, 5) is 30.0. The minimum atomic E-state index is -0.0749. The fraction of sp³-hybridized carbons (Fsp3) is 0.636. The molecule has 1 aliphatic heterocycles. The molecular weight excluding hydrogens is 374 g/mol. The van der Waals surface area contributed by atoms with Crippen LogP contribution in [0.4, 0.5) is 0 Å². The maximum Gasteiger partial charge on any atom is 0.255 e. The first-order valence-electron chi connectivity index (χ1n) is 10.6. The molecule has 0 bridgehead atoms. The number of halogens is 1. The second kappa shape index (κ2) is 9.75. The summed E-state index contributed by atoms with van der Waals surface area (Å²) in [5.41, 5.74) is 0.555. The van der Waals surface area contributed by atoms with Crippen LogP contribution < -0.4 is 5.32 Å². The molecule has 0 spiro atoms. The molecular formula is C22H32ClN3O2. The Morgan fingerprint density at radius 1 is 1.14 bits per heavy atom. The molecule has 0 aromatic heterocycles. The van der Waals surface area contributed by atoms with Gasteiger partial charge in [-0.3, -0.25) is 14.5 Å². The van der Waals surface area contributed by atoms with Crippen molar-refractivity contribution in [1.29, 1.82) is 0 Å². The molecule has 1 saturated heterocycles. The van der Waals surface area contributed by atoms with Gasteiger partial charge in [0.1, 0.15) is 0 Å². The van der Waals surface area contributed by atoms with Crippen molar-refractivity contribution in [2.24, 2.45) is 5.92 Å². The lowest BCUT2D eigenvalue weighted by Crippen LogP contribution is -2.58. The van der Waals surface area contributed by atoms with Crippen LogP contribution in [-0.4, -0.2) is 59.9 Å². The van der Waals surface area contributed by atoms with Gasteiger partial charge in [-0.15, -0.1) is 0 Å². The zero-order chi connectivity index (χ0) is 20.1. The van der Waals surface area contributed by atoms with Crippen molar-refractivity contribution in [2.75, 3.05) is 26.2 Å². The number of hydrogen-bond acceptors (Lipinski definition) is 3. The van der Waals surface area contributed by atoms with E-state index in [1.807, 2.05) is 17.0 Å². The normalized spacial score (nSPS) is 20.8. The van der Waals surface area contributed by atoms with Gasteiger partial charge in [-0.05, 0) is 44.2 Å². The first-order chi connectivity index (χ1) is 13.5. The van der Waals surface area contributed by atoms with Crippen LogP contribution >= 0.6 is 11.6 Å². The summed E-state index contributed by atoms with van der Waals surface area (Å²) in [7, 11) is 0. The number of amides is 2. The number of rotatable bonds is 6. The van der Waals surface area contributed by atoms with Crippen molar-refractivity contribution < 1.29 is 9.59 Å². The second-order valence-corrected chi connectivity index (χ2v) is 8.52. The number of nitrogens with zero attached hydrogens (tertiary/aromatic N) is 2. The maximum absolute atomic E-state index is 13.0. The SMILES string of the molecule is CC[C@H](C)NC(=O)[C@@H](C1CCCC1)N1CCN(C(=O)c2ccccc2Cl)CC1. The third kappa shape index (κ3) is 4.87. The smallest absolute Gasteiger partial charge is 0.255 e. The van der Waals surface area contributed by atoms with Crippen molar-refractivity contribution in [3.8, 4) is 0 Å². The Hall–Kier alpha value is -1.59. The Bertz CT molecular complexity index is 682. The third-order valence-electron chi connectivity index (χ3n) is 6.22. The standard InChI is InChI=1S/C22H32ClN3O2/c1-3-16(2)24-21(27)20(17-8-4-5-9-17)25-12-14-26(15-13-25)22(28)18-10-6-7-11-19(18)23/h6-7,10-11,16-17,20H,3-5,8-9,12-15H2,1-2H3,(H,24,27)/t16-,20+/m0/s1. The minimum absolute atomic E-state index is 0.0216. The molecule has 0 radical (unpaired) electrons. The number of piperazine rings is 1. The number of benzene rings is 1. The van der Waals surface area contributed by atoms with Gasteiger partial charge in [0.2, 0.25) is 5.91 Å². The Balaban J connectivity index is 1.65. The summed E-state index contributed by atoms with van der Waals surface area (Å²) in [6.07, 6.45) is 5.60. The predicted molar refractivity (Wildman–Crippen MR) is 113 cm³/mol. The molecule has 2 amide bonds. The largest absolute Gasteiger partial charge is 0.352 e. The molecule has 2 atom stereocenters. The van der Waals surface area contributed by atoms with Gasteiger partial charge in [-0.25, -0.2) is 0 Å². The van der Waals surface area contributed by atoms with E-state index in [-0.39, 0.29) is 23.9 Å². The van der Waals surface area contributed by atoms with E-state index in [0.29, 0.717) is 29.6 Å². The molecule has 3 rings (SSSR count). The van der Waals surface area contributed by atoms with Crippen molar-refractivity contribution in [2.45, 2.75) is 58.0 Å². The van der Waals surface area contributed by atoms with Crippen molar-refractivity contribution in [3.05, 3.63) is 34.9 Å². The molecule has 1 heterocycles. The second-order valence-electron chi connectivity index (χ2n) is 8.12. The van der Waals surface area contributed by atoms with Crippen LogP contribution in [0.2, 0.25) is 5.02 Å².